The molecule has 146 valence electrons. The Hall–Kier alpha value is -0.200. The van der Waals surface area contributed by atoms with Crippen LogP contribution in [0.2, 0.25) is 0 Å². The first-order valence-corrected chi connectivity index (χ1v) is 8.99. The van der Waals surface area contributed by atoms with E-state index in [1.165, 1.54) is 0 Å². The average Bonchev–Trinajstić information content (AvgIpc) is 3.28. The quantitative estimate of drug-likeness (QED) is 0.315. The summed E-state index contributed by atoms with van der Waals surface area (Å²) in [6, 6.07) is 24.7. The number of nitrogens with one attached hydrogen (secondary N) is 1. The fourth-order valence-electron chi connectivity index (χ4n) is 3.73. The van der Waals surface area contributed by atoms with Crippen LogP contribution in [0.1, 0.15) is 27.0 Å². The largest absolute Gasteiger partial charge is 1.00 e. The number of aromatic amines is 1. The van der Waals surface area contributed by atoms with E-state index in [-0.39, 0.29) is 105 Å². The summed E-state index contributed by atoms with van der Waals surface area (Å²) in [6.45, 7) is 3.29. The van der Waals surface area contributed by atoms with Crippen LogP contribution in [0.25, 0.3) is 22.0 Å². The van der Waals surface area contributed by atoms with E-state index in [1.54, 1.807) is 0 Å². The summed E-state index contributed by atoms with van der Waals surface area (Å²) in [5, 5.41) is 1.14. The monoisotopic (exact) mass is 808 g/mol. The summed E-state index contributed by atoms with van der Waals surface area (Å²) >= 11 is 0. The van der Waals surface area contributed by atoms with Crippen LogP contribution in [-0.2, 0) is 53.9 Å². The van der Waals surface area contributed by atoms with Crippen molar-refractivity contribution in [1.29, 1.82) is 0 Å². The number of H-pyrrole nitrogens is 1. The molecule has 1 aliphatic heterocycles. The fraction of sp³-hybridized carbons (Fsp3) is 0.125. The van der Waals surface area contributed by atoms with Crippen molar-refractivity contribution >= 4 is 16.8 Å². The third-order valence-electron chi connectivity index (χ3n) is 5.17. The molecule has 0 unspecified atom stereocenters. The summed E-state index contributed by atoms with van der Waals surface area (Å²) < 4.78 is 0. The molecule has 1 amide bonds. The Bertz CT molecular complexity index is 1170. The molecule has 4 aromatic rings. The molecule has 2 heterocycles. The number of hydrogen-bond acceptors (Lipinski definition) is 1. The van der Waals surface area contributed by atoms with Gasteiger partial charge in [0, 0.05) is 59.5 Å². The summed E-state index contributed by atoms with van der Waals surface area (Å²) in [5.74, 6) is 0.0977. The van der Waals surface area contributed by atoms with E-state index >= 15 is 0 Å². The SMILES string of the molecule is Cc1[c-]c(-c2c[c-]c(CN3Cc4ccccc4C3=O)cc2)cc2[nH][c-]cc12.[Rb+].[Re].[Re]. The van der Waals surface area contributed by atoms with Gasteiger partial charge >= 0.3 is 58.2 Å². The van der Waals surface area contributed by atoms with Crippen molar-refractivity contribution < 1.29 is 104 Å². The van der Waals surface area contributed by atoms with E-state index in [9.17, 15) is 4.79 Å². The third-order valence-corrected chi connectivity index (χ3v) is 5.17. The van der Waals surface area contributed by atoms with E-state index in [0.717, 1.165) is 44.3 Å². The topological polar surface area (TPSA) is 36.1 Å². The Morgan fingerprint density at radius 3 is 2.63 bits per heavy atom. The van der Waals surface area contributed by atoms with Gasteiger partial charge in [-0.2, -0.15) is 58.4 Å². The summed E-state index contributed by atoms with van der Waals surface area (Å²) in [6.07, 6.45) is 3.03. The number of aryl methyl sites for hydroxylation is 1. The molecule has 3 aromatic carbocycles. The second kappa shape index (κ2) is 11.1. The van der Waals surface area contributed by atoms with Crippen molar-refractivity contribution in [1.82, 2.24) is 9.88 Å². The Morgan fingerprint density at radius 2 is 1.90 bits per heavy atom. The van der Waals surface area contributed by atoms with Crippen LogP contribution in [0.4, 0.5) is 0 Å². The van der Waals surface area contributed by atoms with Crippen molar-refractivity contribution in [2.24, 2.45) is 0 Å². The van der Waals surface area contributed by atoms with Crippen LogP contribution in [0.5, 0.6) is 0 Å². The zero-order valence-corrected chi connectivity index (χ0v) is 27.1. The molecule has 2 radical (unpaired) electrons. The molecular weight excluding hydrogens is 790 g/mol. The van der Waals surface area contributed by atoms with Crippen molar-refractivity contribution in [3.8, 4) is 11.1 Å². The molecule has 0 bridgehead atoms. The smallest absolute Gasteiger partial charge is 0.485 e. The van der Waals surface area contributed by atoms with Crippen LogP contribution in [0.3, 0.4) is 0 Å². The molecule has 3 nitrogen and oxygen atoms in total. The summed E-state index contributed by atoms with van der Waals surface area (Å²) in [4.78, 5) is 17.5. The van der Waals surface area contributed by atoms with Crippen molar-refractivity contribution in [3.05, 3.63) is 95.2 Å². The molecule has 1 aliphatic rings. The van der Waals surface area contributed by atoms with Crippen molar-refractivity contribution in [3.63, 3.8) is 0 Å². The van der Waals surface area contributed by atoms with E-state index < -0.39 is 0 Å². The Morgan fingerprint density at radius 1 is 1.10 bits per heavy atom. The molecule has 0 spiro atoms. The molecule has 1 aromatic heterocycles. The van der Waals surface area contributed by atoms with Gasteiger partial charge in [0.15, 0.2) is 0 Å². The van der Waals surface area contributed by atoms with E-state index in [2.05, 4.69) is 42.4 Å². The maximum Gasteiger partial charge on any atom is 1.00 e. The van der Waals surface area contributed by atoms with Gasteiger partial charge in [-0.25, -0.2) is 0 Å². The van der Waals surface area contributed by atoms with E-state index in [0.29, 0.717) is 13.1 Å². The number of carbonyl (C=O) groups is 1. The minimum Gasteiger partial charge on any atom is -0.485 e. The van der Waals surface area contributed by atoms with Crippen LogP contribution in [-0.4, -0.2) is 15.8 Å². The van der Waals surface area contributed by atoms with Gasteiger partial charge < -0.3 is 9.88 Å². The number of nitrogens with zero attached hydrogens (tertiary/aromatic N) is 1. The first kappa shape index (κ1) is 26.1. The van der Waals surface area contributed by atoms with Crippen LogP contribution < -0.4 is 58.2 Å². The standard InChI is InChI=1S/C24H17N2O.Rb.2Re/c1-16-12-20(13-23-21(16)10-11-25-23)18-8-6-17(7-9-18)14-26-15-19-4-2-3-5-22(19)24(26)27;;;/h2-6,8-10,13,25H,14-15H2,1H3;;;/q-3;+1;;. The molecule has 6 heteroatoms. The predicted octanol–water partition coefficient (Wildman–Crippen LogP) is 1.70. The number of carbonyl (C=O) groups excluding carboxylic acids is 1. The van der Waals surface area contributed by atoms with E-state index in [4.69, 9.17) is 0 Å². The van der Waals surface area contributed by atoms with Gasteiger partial charge in [-0.1, -0.05) is 25.1 Å². The molecule has 5 rings (SSSR count). The van der Waals surface area contributed by atoms with Crippen LogP contribution in [0.15, 0.2) is 54.6 Å². The fourth-order valence-corrected chi connectivity index (χ4v) is 3.73. The summed E-state index contributed by atoms with van der Waals surface area (Å²) in [7, 11) is 0. The Balaban J connectivity index is 0.00000107. The Labute approximate surface area is 253 Å². The summed E-state index contributed by atoms with van der Waals surface area (Å²) in [5.41, 5.74) is 7.18. The predicted molar refractivity (Wildman–Crippen MR) is 105 cm³/mol. The number of benzene rings is 3. The third kappa shape index (κ3) is 5.06. The average molecular weight is 807 g/mol. The Kier molecular flexibility index (Phi) is 9.63. The van der Waals surface area contributed by atoms with Gasteiger partial charge in [-0.15, -0.1) is 23.4 Å². The number of rotatable bonds is 3. The van der Waals surface area contributed by atoms with Crippen LogP contribution in [0, 0.1) is 25.3 Å². The first-order chi connectivity index (χ1) is 13.2. The second-order valence-electron chi connectivity index (χ2n) is 6.97. The van der Waals surface area contributed by atoms with Gasteiger partial charge in [0.25, 0.3) is 5.91 Å². The maximum atomic E-state index is 12.5. The minimum atomic E-state index is 0. The molecule has 0 fully saturated rings. The van der Waals surface area contributed by atoms with Gasteiger partial charge in [0.2, 0.25) is 0 Å². The first-order valence-electron chi connectivity index (χ1n) is 8.99. The molecular formula is C24H17N2ORbRe2-2. The van der Waals surface area contributed by atoms with Gasteiger partial charge in [0.05, 0.1) is 0 Å². The zero-order chi connectivity index (χ0) is 18.4. The number of amides is 1. The number of fused-ring (bicyclic) bond motifs is 2. The maximum absolute atomic E-state index is 12.5. The number of hydrogen-bond donors (Lipinski definition) is 1. The molecule has 30 heavy (non-hydrogen) atoms. The van der Waals surface area contributed by atoms with Crippen LogP contribution >= 0.6 is 0 Å². The number of aromatic nitrogens is 1. The van der Waals surface area contributed by atoms with Gasteiger partial charge in [0.1, 0.15) is 0 Å². The molecule has 0 saturated carbocycles. The normalized spacial score (nSPS) is 12.0. The van der Waals surface area contributed by atoms with Gasteiger partial charge in [-0.3, -0.25) is 4.79 Å². The van der Waals surface area contributed by atoms with Crippen molar-refractivity contribution in [2.45, 2.75) is 20.0 Å². The molecule has 0 atom stereocenters. The van der Waals surface area contributed by atoms with E-state index in [1.807, 2.05) is 47.4 Å². The molecule has 0 aliphatic carbocycles. The molecule has 1 N–H and O–H groups in total. The minimum absolute atomic E-state index is 0. The van der Waals surface area contributed by atoms with Gasteiger partial charge in [-0.05, 0) is 11.6 Å². The second-order valence-corrected chi connectivity index (χ2v) is 6.97. The molecule has 0 saturated heterocycles. The van der Waals surface area contributed by atoms with Crippen molar-refractivity contribution in [2.75, 3.05) is 0 Å². The zero-order valence-electron chi connectivity index (χ0n) is 16.7.